The fraction of sp³-hybridized carbons (Fsp3) is 0. The predicted molar refractivity (Wildman–Crippen MR) is 70.3 cm³/mol. The van der Waals surface area contributed by atoms with E-state index >= 15 is 0 Å². The van der Waals surface area contributed by atoms with Crippen LogP contribution >= 0.6 is 0 Å². The third-order valence-corrected chi connectivity index (χ3v) is 3.20. The van der Waals surface area contributed by atoms with E-state index in [9.17, 15) is 0 Å². The first-order valence-electron chi connectivity index (χ1n) is 5.78. The van der Waals surface area contributed by atoms with Crippen LogP contribution < -0.4 is 0 Å². The van der Waals surface area contributed by atoms with E-state index in [4.69, 9.17) is 0 Å². The first-order valence-corrected chi connectivity index (χ1v) is 5.78. The van der Waals surface area contributed by atoms with E-state index < -0.39 is 0 Å². The van der Waals surface area contributed by atoms with Crippen LogP contribution in [0, 0.1) is 0 Å². The van der Waals surface area contributed by atoms with Crippen LogP contribution in [0.5, 0.6) is 0 Å². The van der Waals surface area contributed by atoms with Gasteiger partial charge in [0.2, 0.25) is 0 Å². The number of aromatic nitrogens is 4. The minimum atomic E-state index is 1.06. The van der Waals surface area contributed by atoms with Gasteiger partial charge in [0, 0.05) is 17.8 Å². The smallest absolute Gasteiger partial charge is 0.0667 e. The van der Waals surface area contributed by atoms with Crippen LogP contribution in [0.3, 0.4) is 0 Å². The molecule has 4 nitrogen and oxygen atoms in total. The van der Waals surface area contributed by atoms with Crippen molar-refractivity contribution in [2.75, 3.05) is 0 Å². The van der Waals surface area contributed by atoms with Crippen LogP contribution in [-0.2, 0) is 0 Å². The molecular formula is C14H10N4. The number of nitrogens with zero attached hydrogens (tertiary/aromatic N) is 3. The van der Waals surface area contributed by atoms with Crippen molar-refractivity contribution in [3.05, 3.63) is 55.0 Å². The highest BCUT2D eigenvalue weighted by Gasteiger charge is 2.05. The minimum absolute atomic E-state index is 1.06. The summed E-state index contributed by atoms with van der Waals surface area (Å²) in [6.45, 7) is 0. The molecule has 0 saturated heterocycles. The third kappa shape index (κ3) is 1.26. The lowest BCUT2D eigenvalue weighted by atomic mass is 10.0. The molecule has 3 aromatic heterocycles. The van der Waals surface area contributed by atoms with Crippen molar-refractivity contribution in [1.82, 2.24) is 19.8 Å². The van der Waals surface area contributed by atoms with Gasteiger partial charge in [-0.15, -0.1) is 0 Å². The van der Waals surface area contributed by atoms with Crippen LogP contribution in [0.1, 0.15) is 0 Å². The Morgan fingerprint density at radius 1 is 1.11 bits per heavy atom. The molecule has 4 aromatic rings. The largest absolute Gasteiger partial charge is 0.278 e. The van der Waals surface area contributed by atoms with Crippen LogP contribution in [-0.4, -0.2) is 19.8 Å². The van der Waals surface area contributed by atoms with Gasteiger partial charge in [0.15, 0.2) is 0 Å². The fourth-order valence-electron chi connectivity index (χ4n) is 2.31. The Morgan fingerprint density at radius 3 is 3.11 bits per heavy atom. The second kappa shape index (κ2) is 3.43. The number of aromatic amines is 1. The molecule has 0 saturated carbocycles. The van der Waals surface area contributed by atoms with Crippen molar-refractivity contribution in [3.63, 3.8) is 0 Å². The van der Waals surface area contributed by atoms with Gasteiger partial charge in [-0.25, -0.2) is 4.52 Å². The van der Waals surface area contributed by atoms with Crippen molar-refractivity contribution in [1.29, 1.82) is 0 Å². The maximum Gasteiger partial charge on any atom is 0.0667 e. The molecule has 0 radical (unpaired) electrons. The van der Waals surface area contributed by atoms with Gasteiger partial charge in [0.1, 0.15) is 0 Å². The first kappa shape index (κ1) is 9.41. The van der Waals surface area contributed by atoms with Crippen LogP contribution in [0.25, 0.3) is 27.5 Å². The maximum atomic E-state index is 4.20. The van der Waals surface area contributed by atoms with Crippen molar-refractivity contribution in [2.24, 2.45) is 0 Å². The molecule has 18 heavy (non-hydrogen) atoms. The van der Waals surface area contributed by atoms with Gasteiger partial charge in [-0.2, -0.15) is 10.2 Å². The van der Waals surface area contributed by atoms with Crippen molar-refractivity contribution in [3.8, 4) is 11.1 Å². The lowest BCUT2D eigenvalue weighted by Gasteiger charge is -2.03. The zero-order valence-corrected chi connectivity index (χ0v) is 9.54. The van der Waals surface area contributed by atoms with E-state index in [0.717, 1.165) is 16.4 Å². The number of nitrogens with one attached hydrogen (secondary N) is 1. The molecule has 0 atom stereocenters. The highest BCUT2D eigenvalue weighted by molar-refractivity contribution is 5.94. The van der Waals surface area contributed by atoms with Crippen LogP contribution in [0.4, 0.5) is 0 Å². The van der Waals surface area contributed by atoms with Gasteiger partial charge in [0.05, 0.1) is 17.2 Å². The number of benzene rings is 1. The number of fused-ring (bicyclic) bond motifs is 2. The molecule has 0 aliphatic heterocycles. The Kier molecular flexibility index (Phi) is 1.80. The molecule has 3 heterocycles. The Bertz CT molecular complexity index is 841. The second-order valence-corrected chi connectivity index (χ2v) is 4.25. The van der Waals surface area contributed by atoms with Gasteiger partial charge >= 0.3 is 0 Å². The first-order chi connectivity index (χ1) is 8.92. The van der Waals surface area contributed by atoms with E-state index in [2.05, 4.69) is 33.5 Å². The Labute approximate surface area is 103 Å². The second-order valence-electron chi connectivity index (χ2n) is 4.25. The summed E-state index contributed by atoms with van der Waals surface area (Å²) in [5.41, 5.74) is 4.51. The quantitative estimate of drug-likeness (QED) is 0.550. The number of pyridine rings is 1. The van der Waals surface area contributed by atoms with Crippen molar-refractivity contribution in [2.45, 2.75) is 0 Å². The molecule has 0 amide bonds. The normalized spacial score (nSPS) is 11.3. The lowest BCUT2D eigenvalue weighted by Crippen LogP contribution is -1.86. The molecule has 1 N–H and O–H groups in total. The van der Waals surface area contributed by atoms with Crippen LogP contribution in [0.15, 0.2) is 55.0 Å². The summed E-state index contributed by atoms with van der Waals surface area (Å²) in [6.07, 6.45) is 5.65. The monoisotopic (exact) mass is 234 g/mol. The summed E-state index contributed by atoms with van der Waals surface area (Å²) in [5, 5.41) is 12.4. The van der Waals surface area contributed by atoms with E-state index in [1.807, 2.05) is 35.1 Å². The minimum Gasteiger partial charge on any atom is -0.278 e. The molecule has 0 aliphatic carbocycles. The van der Waals surface area contributed by atoms with E-state index in [1.54, 1.807) is 6.20 Å². The average molecular weight is 234 g/mol. The van der Waals surface area contributed by atoms with Gasteiger partial charge in [-0.1, -0.05) is 12.1 Å². The molecule has 0 spiro atoms. The average Bonchev–Trinajstić information content (AvgIpc) is 3.05. The van der Waals surface area contributed by atoms with Gasteiger partial charge < -0.3 is 0 Å². The Morgan fingerprint density at radius 2 is 2.11 bits per heavy atom. The summed E-state index contributed by atoms with van der Waals surface area (Å²) in [6, 6.07) is 12.4. The predicted octanol–water partition coefficient (Wildman–Crippen LogP) is 2.88. The molecule has 86 valence electrons. The van der Waals surface area contributed by atoms with E-state index in [0.29, 0.717) is 0 Å². The zero-order chi connectivity index (χ0) is 11.9. The van der Waals surface area contributed by atoms with Crippen molar-refractivity contribution < 1.29 is 0 Å². The summed E-state index contributed by atoms with van der Waals surface area (Å²) in [4.78, 5) is 0. The van der Waals surface area contributed by atoms with Crippen molar-refractivity contribution >= 4 is 16.4 Å². The molecule has 0 unspecified atom stereocenters. The SMILES string of the molecule is c1cc(-c2ccn3nccc3c2)c2cn[nH]c2c1. The number of H-pyrrole nitrogens is 1. The lowest BCUT2D eigenvalue weighted by molar-refractivity contribution is 0.962. The third-order valence-electron chi connectivity index (χ3n) is 3.20. The Balaban J connectivity index is 2.03. The summed E-state index contributed by atoms with van der Waals surface area (Å²) >= 11 is 0. The fourth-order valence-corrected chi connectivity index (χ4v) is 2.31. The molecule has 0 fully saturated rings. The summed E-state index contributed by atoms with van der Waals surface area (Å²) in [5.74, 6) is 0. The highest BCUT2D eigenvalue weighted by atomic mass is 15.2. The number of hydrogen-bond donors (Lipinski definition) is 1. The molecule has 1 aromatic carbocycles. The van der Waals surface area contributed by atoms with Crippen LogP contribution in [0.2, 0.25) is 0 Å². The number of hydrogen-bond acceptors (Lipinski definition) is 2. The highest BCUT2D eigenvalue weighted by Crippen LogP contribution is 2.27. The maximum absolute atomic E-state index is 4.20. The van der Waals surface area contributed by atoms with E-state index in [-0.39, 0.29) is 0 Å². The number of rotatable bonds is 1. The molecule has 4 rings (SSSR count). The van der Waals surface area contributed by atoms with E-state index in [1.165, 1.54) is 11.1 Å². The zero-order valence-electron chi connectivity index (χ0n) is 9.54. The topological polar surface area (TPSA) is 46.0 Å². The molecule has 0 bridgehead atoms. The standard InChI is InChI=1S/C14H10N4/c1-2-12(13-9-15-17-14(13)3-1)10-5-7-18-11(8-10)4-6-16-18/h1-9H,(H,15,17). The van der Waals surface area contributed by atoms with Gasteiger partial charge in [-0.3, -0.25) is 5.10 Å². The van der Waals surface area contributed by atoms with Gasteiger partial charge in [-0.05, 0) is 35.4 Å². The summed E-state index contributed by atoms with van der Waals surface area (Å²) in [7, 11) is 0. The molecule has 4 heteroatoms. The molecule has 0 aliphatic rings. The molecular weight excluding hydrogens is 224 g/mol. The Hall–Kier alpha value is -2.62. The van der Waals surface area contributed by atoms with Gasteiger partial charge in [0.25, 0.3) is 0 Å². The summed E-state index contributed by atoms with van der Waals surface area (Å²) < 4.78 is 1.86.